The Hall–Kier alpha value is -2.34. The molecule has 0 spiro atoms. The molecular formula is C25H25Cl2N3O2. The molecule has 1 unspecified atom stereocenters. The molecule has 3 aromatic carbocycles. The number of nitrogens with one attached hydrogen (secondary N) is 2. The van der Waals surface area contributed by atoms with Crippen molar-refractivity contribution in [1.29, 1.82) is 0 Å². The maximum Gasteiger partial charge on any atom is 0.253 e. The Morgan fingerprint density at radius 1 is 1.00 bits per heavy atom. The van der Waals surface area contributed by atoms with Crippen molar-refractivity contribution in [2.45, 2.75) is 44.2 Å². The van der Waals surface area contributed by atoms with E-state index in [-0.39, 0.29) is 12.0 Å². The first-order valence-electron chi connectivity index (χ1n) is 11.0. The number of nitrogens with zero attached hydrogens (tertiary/aromatic N) is 1. The van der Waals surface area contributed by atoms with E-state index in [2.05, 4.69) is 28.6 Å². The minimum absolute atomic E-state index is 0.102. The van der Waals surface area contributed by atoms with E-state index in [1.807, 2.05) is 24.3 Å². The second kappa shape index (κ2) is 8.54. The van der Waals surface area contributed by atoms with Crippen molar-refractivity contribution in [3.8, 4) is 0 Å². The lowest BCUT2D eigenvalue weighted by molar-refractivity contribution is 0.295. The van der Waals surface area contributed by atoms with E-state index in [0.29, 0.717) is 21.4 Å². The van der Waals surface area contributed by atoms with Crippen molar-refractivity contribution in [2.24, 2.45) is 0 Å². The second-order valence-electron chi connectivity index (χ2n) is 8.99. The summed E-state index contributed by atoms with van der Waals surface area (Å²) in [5, 5.41) is 7.80. The van der Waals surface area contributed by atoms with Gasteiger partial charge in [0.25, 0.3) is 10.9 Å². The van der Waals surface area contributed by atoms with Crippen molar-refractivity contribution in [3.63, 3.8) is 0 Å². The summed E-state index contributed by atoms with van der Waals surface area (Å²) in [6.45, 7) is 1.61. The maximum absolute atomic E-state index is 12.3. The normalized spacial score (nSPS) is 19.3. The third-order valence-corrected chi connectivity index (χ3v) is 7.22. The Morgan fingerprint density at radius 2 is 1.75 bits per heavy atom. The predicted octanol–water partition coefficient (Wildman–Crippen LogP) is 5.26. The molecule has 5 nitrogen and oxygen atoms in total. The molecule has 32 heavy (non-hydrogen) atoms. The molecule has 0 saturated heterocycles. The van der Waals surface area contributed by atoms with Gasteiger partial charge in [-0.05, 0) is 60.8 Å². The summed E-state index contributed by atoms with van der Waals surface area (Å²) in [5.74, 6) is 0.102. The van der Waals surface area contributed by atoms with Crippen LogP contribution in [-0.2, 0) is 6.54 Å². The van der Waals surface area contributed by atoms with Crippen LogP contribution in [-0.4, -0.2) is 24.5 Å². The van der Waals surface area contributed by atoms with Crippen molar-refractivity contribution in [1.82, 2.24) is 4.90 Å². The highest BCUT2D eigenvalue weighted by molar-refractivity contribution is 6.35. The summed E-state index contributed by atoms with van der Waals surface area (Å²) in [4.78, 5) is 26.7. The first-order valence-corrected chi connectivity index (χ1v) is 11.8. The third kappa shape index (κ3) is 3.94. The highest BCUT2D eigenvalue weighted by atomic mass is 35.5. The molecule has 2 N–H and O–H groups in total. The van der Waals surface area contributed by atoms with E-state index in [1.54, 1.807) is 6.07 Å². The van der Waals surface area contributed by atoms with Crippen LogP contribution >= 0.6 is 23.2 Å². The van der Waals surface area contributed by atoms with Crippen LogP contribution in [0.15, 0.2) is 46.0 Å². The standard InChI is InChI=1S/C25H25Cl2N3O2/c1-30-12-19(18-10-15(26)11-21(27)20(18)13-30)14-5-4-8-17(9-14)29-23-22(24(31)25(23)32)28-16-6-2-3-7-16/h4-5,8-11,16,19,28-29H,2-3,6-7,12-13H2,1H3. The van der Waals surface area contributed by atoms with Crippen LogP contribution in [0.25, 0.3) is 0 Å². The van der Waals surface area contributed by atoms with Gasteiger partial charge in [-0.3, -0.25) is 9.59 Å². The molecule has 1 saturated carbocycles. The molecule has 1 atom stereocenters. The van der Waals surface area contributed by atoms with Gasteiger partial charge < -0.3 is 15.5 Å². The van der Waals surface area contributed by atoms with E-state index in [0.717, 1.165) is 61.2 Å². The number of likely N-dealkylation sites (N-methyl/N-ethyl adjacent to an activating group) is 1. The summed E-state index contributed by atoms with van der Waals surface area (Å²) >= 11 is 12.8. The highest BCUT2D eigenvalue weighted by Crippen LogP contribution is 2.39. The van der Waals surface area contributed by atoms with Crippen LogP contribution in [0.2, 0.25) is 10.0 Å². The van der Waals surface area contributed by atoms with E-state index in [1.165, 1.54) is 0 Å². The third-order valence-electron chi connectivity index (χ3n) is 6.66. The first-order chi connectivity index (χ1) is 15.4. The molecule has 0 amide bonds. The lowest BCUT2D eigenvalue weighted by atomic mass is 9.84. The molecule has 1 fully saturated rings. The van der Waals surface area contributed by atoms with E-state index >= 15 is 0 Å². The van der Waals surface area contributed by atoms with Crippen LogP contribution < -0.4 is 21.5 Å². The molecule has 0 aromatic heterocycles. The van der Waals surface area contributed by atoms with Crippen LogP contribution in [0.4, 0.5) is 17.1 Å². The Morgan fingerprint density at radius 3 is 2.53 bits per heavy atom. The van der Waals surface area contributed by atoms with Crippen LogP contribution in [0.1, 0.15) is 48.3 Å². The quantitative estimate of drug-likeness (QED) is 0.498. The van der Waals surface area contributed by atoms with Gasteiger partial charge in [0.15, 0.2) is 0 Å². The number of fused-ring (bicyclic) bond motifs is 1. The average Bonchev–Trinajstić information content (AvgIpc) is 3.29. The van der Waals surface area contributed by atoms with Gasteiger partial charge in [-0.2, -0.15) is 0 Å². The van der Waals surface area contributed by atoms with Gasteiger partial charge in [0.1, 0.15) is 11.4 Å². The zero-order chi connectivity index (χ0) is 22.4. The SMILES string of the molecule is CN1Cc2c(Cl)cc(Cl)cc2C(c2cccc(Nc3c(NC4CCCC4)c(=O)c3=O)c2)C1. The second-order valence-corrected chi connectivity index (χ2v) is 9.83. The molecule has 3 aromatic rings. The number of anilines is 3. The van der Waals surface area contributed by atoms with Gasteiger partial charge in [-0.25, -0.2) is 0 Å². The largest absolute Gasteiger partial charge is 0.377 e. The fourth-order valence-electron chi connectivity index (χ4n) is 5.03. The number of hydrogen-bond donors (Lipinski definition) is 2. The number of benzene rings is 2. The monoisotopic (exact) mass is 469 g/mol. The molecule has 1 heterocycles. The maximum atomic E-state index is 12.3. The van der Waals surface area contributed by atoms with Crippen LogP contribution in [0, 0.1) is 0 Å². The minimum Gasteiger partial charge on any atom is -0.377 e. The molecule has 0 bridgehead atoms. The van der Waals surface area contributed by atoms with E-state index in [9.17, 15) is 9.59 Å². The van der Waals surface area contributed by atoms with Gasteiger partial charge in [0.2, 0.25) is 0 Å². The molecule has 5 rings (SSSR count). The topological polar surface area (TPSA) is 61.4 Å². The van der Waals surface area contributed by atoms with Crippen molar-refractivity contribution >= 4 is 40.3 Å². The Bertz CT molecular complexity index is 1240. The highest BCUT2D eigenvalue weighted by Gasteiger charge is 2.28. The molecule has 2 aliphatic rings. The first kappa shape index (κ1) is 21.5. The van der Waals surface area contributed by atoms with Crippen LogP contribution in [0.5, 0.6) is 0 Å². The Balaban J connectivity index is 1.44. The average molecular weight is 470 g/mol. The van der Waals surface area contributed by atoms with Crippen LogP contribution in [0.3, 0.4) is 0 Å². The lowest BCUT2D eigenvalue weighted by Crippen LogP contribution is -2.38. The zero-order valence-corrected chi connectivity index (χ0v) is 19.4. The fraction of sp³-hybridized carbons (Fsp3) is 0.360. The summed E-state index contributed by atoms with van der Waals surface area (Å²) < 4.78 is 0. The molecule has 1 aliphatic carbocycles. The van der Waals surface area contributed by atoms with Gasteiger partial charge in [0.05, 0.1) is 0 Å². The Kier molecular flexibility index (Phi) is 5.74. The molecule has 0 radical (unpaired) electrons. The predicted molar refractivity (Wildman–Crippen MR) is 132 cm³/mol. The number of hydrogen-bond acceptors (Lipinski definition) is 5. The van der Waals surface area contributed by atoms with Gasteiger partial charge in [-0.15, -0.1) is 0 Å². The van der Waals surface area contributed by atoms with Crippen molar-refractivity contribution < 1.29 is 0 Å². The summed E-state index contributed by atoms with van der Waals surface area (Å²) in [5.41, 5.74) is 4.02. The van der Waals surface area contributed by atoms with Gasteiger partial charge >= 0.3 is 0 Å². The summed E-state index contributed by atoms with van der Waals surface area (Å²) in [7, 11) is 2.08. The van der Waals surface area contributed by atoms with Gasteiger partial charge in [-0.1, -0.05) is 48.2 Å². The molecule has 7 heteroatoms. The number of rotatable bonds is 5. The molecule has 166 valence electrons. The molecular weight excluding hydrogens is 445 g/mol. The van der Waals surface area contributed by atoms with E-state index < -0.39 is 10.9 Å². The molecule has 1 aliphatic heterocycles. The van der Waals surface area contributed by atoms with Crippen molar-refractivity contribution in [3.05, 3.63) is 83.6 Å². The Labute approximate surface area is 197 Å². The van der Waals surface area contributed by atoms with E-state index in [4.69, 9.17) is 23.2 Å². The minimum atomic E-state index is -0.461. The zero-order valence-electron chi connectivity index (χ0n) is 17.9. The fourth-order valence-corrected chi connectivity index (χ4v) is 5.60. The van der Waals surface area contributed by atoms with Gasteiger partial charge in [0, 0.05) is 40.8 Å². The number of halogens is 2. The van der Waals surface area contributed by atoms with Crippen molar-refractivity contribution in [2.75, 3.05) is 24.2 Å². The summed E-state index contributed by atoms with van der Waals surface area (Å²) in [6.07, 6.45) is 4.38. The summed E-state index contributed by atoms with van der Waals surface area (Å²) in [6, 6.07) is 12.1. The lowest BCUT2D eigenvalue weighted by Gasteiger charge is -2.33. The smallest absolute Gasteiger partial charge is 0.253 e.